The van der Waals surface area contributed by atoms with Crippen LogP contribution < -0.4 is 0 Å². The Morgan fingerprint density at radius 2 is 1.75 bits per heavy atom. The van der Waals surface area contributed by atoms with Crippen molar-refractivity contribution < 1.29 is 27.0 Å². The number of carbonyl (C=O) groups excluding carboxylic acids is 1. The molecule has 0 aromatic heterocycles. The highest BCUT2D eigenvalue weighted by molar-refractivity contribution is 7.85. The first-order valence-corrected chi connectivity index (χ1v) is 8.30. The number of quaternary nitrogens is 1. The van der Waals surface area contributed by atoms with E-state index in [1.165, 1.54) is 0 Å². The second-order valence-corrected chi connectivity index (χ2v) is 8.48. The number of esters is 1. The van der Waals surface area contributed by atoms with Crippen LogP contribution in [0.15, 0.2) is 0 Å². The maximum absolute atomic E-state index is 11.5. The zero-order valence-corrected chi connectivity index (χ0v) is 14.0. The van der Waals surface area contributed by atoms with Gasteiger partial charge in [0.1, 0.15) is 13.2 Å². The van der Waals surface area contributed by atoms with Crippen LogP contribution in [0.5, 0.6) is 0 Å². The lowest BCUT2D eigenvalue weighted by Gasteiger charge is -2.29. The van der Waals surface area contributed by atoms with Gasteiger partial charge in [0, 0.05) is 12.2 Å². The molecule has 7 heteroatoms. The van der Waals surface area contributed by atoms with E-state index in [-0.39, 0.29) is 17.1 Å². The molecule has 0 aliphatic heterocycles. The molecule has 0 aromatic carbocycles. The molecule has 0 unspecified atom stereocenters. The molecule has 0 bridgehead atoms. The first kappa shape index (κ1) is 19.3. The summed E-state index contributed by atoms with van der Waals surface area (Å²) < 4.78 is 37.2. The van der Waals surface area contributed by atoms with E-state index < -0.39 is 10.1 Å². The highest BCUT2D eigenvalue weighted by Crippen LogP contribution is 2.18. The summed E-state index contributed by atoms with van der Waals surface area (Å²) in [6.45, 7) is 7.35. The molecule has 0 heterocycles. The van der Waals surface area contributed by atoms with Crippen LogP contribution in [0, 0.1) is 5.41 Å². The fourth-order valence-electron chi connectivity index (χ4n) is 1.67. The molecule has 0 atom stereocenters. The molecular formula is C13H27NO5S. The SMILES string of the molecule is CC(C)(C)CC(=O)OCC[N+](C)(C)CCCS(=O)(=O)[O-]. The zero-order valence-electron chi connectivity index (χ0n) is 13.1. The van der Waals surface area contributed by atoms with Gasteiger partial charge in [-0.25, -0.2) is 8.42 Å². The molecule has 0 fully saturated rings. The molecule has 120 valence electrons. The number of carbonyl (C=O) groups is 1. The van der Waals surface area contributed by atoms with Crippen LogP contribution in [0.4, 0.5) is 0 Å². The molecular weight excluding hydrogens is 282 g/mol. The van der Waals surface area contributed by atoms with Gasteiger partial charge in [0.05, 0.1) is 37.2 Å². The summed E-state index contributed by atoms with van der Waals surface area (Å²) in [7, 11) is -0.323. The van der Waals surface area contributed by atoms with Crippen molar-refractivity contribution in [2.45, 2.75) is 33.6 Å². The van der Waals surface area contributed by atoms with Crippen molar-refractivity contribution in [1.82, 2.24) is 0 Å². The van der Waals surface area contributed by atoms with E-state index in [4.69, 9.17) is 4.74 Å². The average molecular weight is 309 g/mol. The molecule has 0 rings (SSSR count). The highest BCUT2D eigenvalue weighted by atomic mass is 32.2. The predicted octanol–water partition coefficient (Wildman–Crippen LogP) is 0.978. The number of likely N-dealkylation sites (N-methyl/N-ethyl adjacent to an activating group) is 1. The zero-order chi connectivity index (χ0) is 16.0. The van der Waals surface area contributed by atoms with Crippen molar-refractivity contribution in [2.24, 2.45) is 5.41 Å². The smallest absolute Gasteiger partial charge is 0.306 e. The van der Waals surface area contributed by atoms with Crippen LogP contribution in [0.2, 0.25) is 0 Å². The predicted molar refractivity (Wildman–Crippen MR) is 76.1 cm³/mol. The lowest BCUT2D eigenvalue weighted by molar-refractivity contribution is -0.890. The summed E-state index contributed by atoms with van der Waals surface area (Å²) in [4.78, 5) is 11.5. The van der Waals surface area contributed by atoms with E-state index in [1.807, 2.05) is 34.9 Å². The molecule has 20 heavy (non-hydrogen) atoms. The van der Waals surface area contributed by atoms with Crippen molar-refractivity contribution in [3.05, 3.63) is 0 Å². The summed E-state index contributed by atoms with van der Waals surface area (Å²) in [5.74, 6) is -0.571. The quantitative estimate of drug-likeness (QED) is 0.379. The van der Waals surface area contributed by atoms with E-state index in [0.717, 1.165) is 0 Å². The second-order valence-electron chi connectivity index (χ2n) is 6.96. The molecule has 0 aliphatic rings. The number of ether oxygens (including phenoxy) is 1. The lowest BCUT2D eigenvalue weighted by atomic mass is 9.93. The van der Waals surface area contributed by atoms with E-state index in [1.54, 1.807) is 0 Å². The van der Waals surface area contributed by atoms with E-state index >= 15 is 0 Å². The second kappa shape index (κ2) is 7.38. The van der Waals surface area contributed by atoms with Crippen molar-refractivity contribution in [3.63, 3.8) is 0 Å². The molecule has 0 aliphatic carbocycles. The maximum Gasteiger partial charge on any atom is 0.306 e. The first-order chi connectivity index (χ1) is 8.81. The van der Waals surface area contributed by atoms with Gasteiger partial charge in [0.2, 0.25) is 0 Å². The Balaban J connectivity index is 3.96. The Morgan fingerprint density at radius 1 is 1.20 bits per heavy atom. The summed E-state index contributed by atoms with van der Waals surface area (Å²) in [5, 5.41) is 0. The summed E-state index contributed by atoms with van der Waals surface area (Å²) >= 11 is 0. The molecule has 0 amide bonds. The minimum atomic E-state index is -4.15. The van der Waals surface area contributed by atoms with Gasteiger partial charge in [0.15, 0.2) is 0 Å². The third kappa shape index (κ3) is 12.4. The minimum absolute atomic E-state index is 0.0933. The standard InChI is InChI=1S/C13H27NO5S/c1-13(2,3)11-12(15)19-9-8-14(4,5)7-6-10-20(16,17)18/h6-11H2,1-5H3. The van der Waals surface area contributed by atoms with Gasteiger partial charge >= 0.3 is 5.97 Å². The van der Waals surface area contributed by atoms with Crippen LogP contribution in [0.3, 0.4) is 0 Å². The number of rotatable bonds is 8. The maximum atomic E-state index is 11.5. The summed E-state index contributed by atoms with van der Waals surface area (Å²) in [5.41, 5.74) is -0.0933. The average Bonchev–Trinajstić information content (AvgIpc) is 2.10. The number of hydrogen-bond acceptors (Lipinski definition) is 5. The van der Waals surface area contributed by atoms with Gasteiger partial charge in [-0.1, -0.05) is 20.8 Å². The van der Waals surface area contributed by atoms with Gasteiger partial charge in [-0.05, 0) is 5.41 Å². The van der Waals surface area contributed by atoms with Gasteiger partial charge in [0.25, 0.3) is 0 Å². The van der Waals surface area contributed by atoms with Gasteiger partial charge in [-0.2, -0.15) is 0 Å². The topological polar surface area (TPSA) is 83.5 Å². The normalized spacial score (nSPS) is 13.3. The molecule has 0 saturated carbocycles. The summed E-state index contributed by atoms with van der Waals surface area (Å²) in [6.07, 6.45) is 0.684. The Hall–Kier alpha value is -0.660. The largest absolute Gasteiger partial charge is 0.748 e. The molecule has 0 N–H and O–H groups in total. The Morgan fingerprint density at radius 3 is 2.20 bits per heavy atom. The van der Waals surface area contributed by atoms with Crippen molar-refractivity contribution in [1.29, 1.82) is 0 Å². The number of hydrogen-bond donors (Lipinski definition) is 0. The van der Waals surface area contributed by atoms with Crippen LogP contribution in [-0.4, -0.2) is 63.0 Å². The van der Waals surface area contributed by atoms with Crippen LogP contribution in [0.25, 0.3) is 0 Å². The molecule has 6 nitrogen and oxygen atoms in total. The third-order valence-electron chi connectivity index (χ3n) is 2.79. The Kier molecular flexibility index (Phi) is 7.13. The van der Waals surface area contributed by atoms with Crippen molar-refractivity contribution in [3.8, 4) is 0 Å². The third-order valence-corrected chi connectivity index (χ3v) is 3.58. The van der Waals surface area contributed by atoms with E-state index in [9.17, 15) is 17.8 Å². The molecule has 0 spiro atoms. The number of nitrogens with zero attached hydrogens (tertiary/aromatic N) is 1. The van der Waals surface area contributed by atoms with Crippen LogP contribution in [0.1, 0.15) is 33.6 Å². The van der Waals surface area contributed by atoms with E-state index in [0.29, 0.717) is 37.0 Å². The van der Waals surface area contributed by atoms with E-state index in [2.05, 4.69) is 0 Å². The fourth-order valence-corrected chi connectivity index (χ4v) is 2.15. The monoisotopic (exact) mass is 309 g/mol. The van der Waals surface area contributed by atoms with Crippen LogP contribution in [-0.2, 0) is 19.6 Å². The highest BCUT2D eigenvalue weighted by Gasteiger charge is 2.19. The Labute approximate surface area is 122 Å². The fraction of sp³-hybridized carbons (Fsp3) is 0.923. The van der Waals surface area contributed by atoms with Gasteiger partial charge < -0.3 is 13.8 Å². The molecule has 0 saturated heterocycles. The molecule has 0 aromatic rings. The lowest BCUT2D eigenvalue weighted by Crippen LogP contribution is -2.43. The van der Waals surface area contributed by atoms with Gasteiger partial charge in [-0.3, -0.25) is 4.79 Å². The first-order valence-electron chi connectivity index (χ1n) is 6.72. The molecule has 0 radical (unpaired) electrons. The summed E-state index contributed by atoms with van der Waals surface area (Å²) in [6, 6.07) is 0. The van der Waals surface area contributed by atoms with Crippen molar-refractivity contribution >= 4 is 16.1 Å². The van der Waals surface area contributed by atoms with Crippen molar-refractivity contribution in [2.75, 3.05) is 39.5 Å². The van der Waals surface area contributed by atoms with Crippen LogP contribution >= 0.6 is 0 Å². The van der Waals surface area contributed by atoms with Gasteiger partial charge in [-0.15, -0.1) is 0 Å². The Bertz CT molecular complexity index is 409. The minimum Gasteiger partial charge on any atom is -0.748 e.